The third-order valence-electron chi connectivity index (χ3n) is 5.28. The van der Waals surface area contributed by atoms with Crippen LogP contribution in [0.15, 0.2) is 42.5 Å². The van der Waals surface area contributed by atoms with E-state index in [9.17, 15) is 27.9 Å². The number of carbonyl (C=O) groups excluding carboxylic acids is 1. The van der Waals surface area contributed by atoms with Gasteiger partial charge in [-0.1, -0.05) is 48.3 Å². The zero-order chi connectivity index (χ0) is 24.8. The standard InChI is InChI=1S/C23H24Cl2F3NO4/c1-13(23(26,27)28)21(14-6-9-16(24)10-7-14)22(33)29-18-12-15(8-11-17(18)25)19(30)4-2-3-5-20(31)32/h6-13,19,21,30H,2-5H2,1H3,(H,29,33)(H,31,32)/t13-,19?,21+/m1/s1. The quantitative estimate of drug-likeness (QED) is 0.317. The molecule has 1 amide bonds. The first-order chi connectivity index (χ1) is 15.4. The summed E-state index contributed by atoms with van der Waals surface area (Å²) in [4.78, 5) is 23.6. The predicted octanol–water partition coefficient (Wildman–Crippen LogP) is 6.59. The number of hydrogen-bond donors (Lipinski definition) is 3. The number of alkyl halides is 3. The number of carboxylic acids is 1. The van der Waals surface area contributed by atoms with Gasteiger partial charge >= 0.3 is 12.1 Å². The van der Waals surface area contributed by atoms with Gasteiger partial charge in [0.25, 0.3) is 0 Å². The van der Waals surface area contributed by atoms with E-state index in [1.165, 1.54) is 42.5 Å². The Labute approximate surface area is 199 Å². The number of carboxylic acid groups (broad SMARTS) is 1. The fourth-order valence-electron chi connectivity index (χ4n) is 3.36. The summed E-state index contributed by atoms with van der Waals surface area (Å²) in [5.74, 6) is -5.37. The second kappa shape index (κ2) is 11.7. The molecule has 33 heavy (non-hydrogen) atoms. The molecule has 0 aliphatic rings. The monoisotopic (exact) mass is 505 g/mol. The molecule has 0 bridgehead atoms. The van der Waals surface area contributed by atoms with Crippen LogP contribution in [0, 0.1) is 5.92 Å². The Bertz CT molecular complexity index is 967. The van der Waals surface area contributed by atoms with Crippen molar-refractivity contribution in [2.75, 3.05) is 5.32 Å². The lowest BCUT2D eigenvalue weighted by Crippen LogP contribution is -2.34. The third kappa shape index (κ3) is 7.91. The number of hydrogen-bond acceptors (Lipinski definition) is 3. The van der Waals surface area contributed by atoms with Crippen molar-refractivity contribution in [3.05, 3.63) is 63.6 Å². The lowest BCUT2D eigenvalue weighted by atomic mass is 9.86. The van der Waals surface area contributed by atoms with Crippen LogP contribution in [-0.4, -0.2) is 28.3 Å². The highest BCUT2D eigenvalue weighted by molar-refractivity contribution is 6.33. The van der Waals surface area contributed by atoms with E-state index < -0.39 is 36.0 Å². The Hall–Kier alpha value is -2.29. The van der Waals surface area contributed by atoms with Crippen molar-refractivity contribution in [3.8, 4) is 0 Å². The molecule has 5 nitrogen and oxygen atoms in total. The van der Waals surface area contributed by atoms with Gasteiger partial charge < -0.3 is 15.5 Å². The molecule has 0 saturated carbocycles. The summed E-state index contributed by atoms with van der Waals surface area (Å²) in [5, 5.41) is 21.9. The zero-order valence-electron chi connectivity index (χ0n) is 17.7. The van der Waals surface area contributed by atoms with E-state index >= 15 is 0 Å². The van der Waals surface area contributed by atoms with Gasteiger partial charge in [-0.3, -0.25) is 9.59 Å². The number of aliphatic hydroxyl groups excluding tert-OH is 1. The number of anilines is 1. The summed E-state index contributed by atoms with van der Waals surface area (Å²) in [6.07, 6.45) is -4.47. The maximum atomic E-state index is 13.5. The summed E-state index contributed by atoms with van der Waals surface area (Å²) in [6, 6.07) is 9.93. The van der Waals surface area contributed by atoms with Gasteiger partial charge in [-0.15, -0.1) is 0 Å². The van der Waals surface area contributed by atoms with Gasteiger partial charge in [0, 0.05) is 11.4 Å². The number of halogens is 5. The molecule has 2 rings (SSSR count). The van der Waals surface area contributed by atoms with Gasteiger partial charge in [-0.25, -0.2) is 0 Å². The predicted molar refractivity (Wildman–Crippen MR) is 121 cm³/mol. The number of unbranched alkanes of at least 4 members (excludes halogenated alkanes) is 1. The summed E-state index contributed by atoms with van der Waals surface area (Å²) in [5.41, 5.74) is 0.612. The minimum atomic E-state index is -4.63. The Morgan fingerprint density at radius 2 is 1.64 bits per heavy atom. The van der Waals surface area contributed by atoms with E-state index in [0.29, 0.717) is 23.4 Å². The van der Waals surface area contributed by atoms with E-state index in [-0.39, 0.29) is 29.1 Å². The molecular weight excluding hydrogens is 482 g/mol. The van der Waals surface area contributed by atoms with Crippen LogP contribution in [0.3, 0.4) is 0 Å². The highest BCUT2D eigenvalue weighted by Crippen LogP contribution is 2.39. The van der Waals surface area contributed by atoms with E-state index in [1.54, 1.807) is 0 Å². The van der Waals surface area contributed by atoms with Gasteiger partial charge in [0.15, 0.2) is 0 Å². The minimum absolute atomic E-state index is 0.0158. The maximum Gasteiger partial charge on any atom is 0.392 e. The summed E-state index contributed by atoms with van der Waals surface area (Å²) >= 11 is 12.0. The minimum Gasteiger partial charge on any atom is -0.481 e. The third-order valence-corrected chi connectivity index (χ3v) is 5.86. The summed E-state index contributed by atoms with van der Waals surface area (Å²) in [7, 11) is 0. The van der Waals surface area contributed by atoms with E-state index in [0.717, 1.165) is 6.92 Å². The Morgan fingerprint density at radius 3 is 2.21 bits per heavy atom. The number of amides is 1. The topological polar surface area (TPSA) is 86.6 Å². The zero-order valence-corrected chi connectivity index (χ0v) is 19.2. The van der Waals surface area contributed by atoms with E-state index in [2.05, 4.69) is 5.32 Å². The largest absolute Gasteiger partial charge is 0.481 e. The highest BCUT2D eigenvalue weighted by Gasteiger charge is 2.45. The first-order valence-electron chi connectivity index (χ1n) is 10.2. The van der Waals surface area contributed by atoms with Gasteiger partial charge in [0.05, 0.1) is 28.6 Å². The van der Waals surface area contributed by atoms with E-state index in [1.807, 2.05) is 0 Å². The van der Waals surface area contributed by atoms with Crippen molar-refractivity contribution in [3.63, 3.8) is 0 Å². The second-order valence-electron chi connectivity index (χ2n) is 7.74. The Balaban J connectivity index is 2.23. The molecule has 0 saturated heterocycles. The number of benzene rings is 2. The average molecular weight is 506 g/mol. The summed E-state index contributed by atoms with van der Waals surface area (Å²) < 4.78 is 40.5. The van der Waals surface area contributed by atoms with Crippen LogP contribution in [-0.2, 0) is 9.59 Å². The van der Waals surface area contributed by atoms with Crippen molar-refractivity contribution in [2.24, 2.45) is 5.92 Å². The van der Waals surface area contributed by atoms with Crippen molar-refractivity contribution in [1.82, 2.24) is 0 Å². The van der Waals surface area contributed by atoms with Crippen LogP contribution in [0.4, 0.5) is 18.9 Å². The van der Waals surface area contributed by atoms with Crippen LogP contribution in [0.25, 0.3) is 0 Å². The van der Waals surface area contributed by atoms with Crippen LogP contribution in [0.2, 0.25) is 10.0 Å². The molecule has 0 aromatic heterocycles. The van der Waals surface area contributed by atoms with Gasteiger partial charge in [-0.2, -0.15) is 13.2 Å². The Kier molecular flexibility index (Phi) is 9.57. The average Bonchev–Trinajstić information content (AvgIpc) is 2.73. The van der Waals surface area contributed by atoms with Crippen molar-refractivity contribution in [2.45, 2.75) is 50.8 Å². The molecule has 1 unspecified atom stereocenters. The first kappa shape index (κ1) is 27.0. The van der Waals surface area contributed by atoms with Crippen molar-refractivity contribution < 1.29 is 33.0 Å². The maximum absolute atomic E-state index is 13.5. The molecule has 3 atom stereocenters. The number of aliphatic hydroxyl groups is 1. The number of aliphatic carboxylic acids is 1. The molecule has 180 valence electrons. The first-order valence-corrected chi connectivity index (χ1v) is 11.0. The SMILES string of the molecule is C[C@H]([C@H](C(=O)Nc1cc(C(O)CCCCC(=O)O)ccc1Cl)c1ccc(Cl)cc1)C(F)(F)F. The molecule has 10 heteroatoms. The second-order valence-corrected chi connectivity index (χ2v) is 8.59. The van der Waals surface area contributed by atoms with Crippen LogP contribution < -0.4 is 5.32 Å². The molecule has 3 N–H and O–H groups in total. The lowest BCUT2D eigenvalue weighted by molar-refractivity contribution is -0.178. The Morgan fingerprint density at radius 1 is 1.03 bits per heavy atom. The van der Waals surface area contributed by atoms with Crippen LogP contribution in [0.1, 0.15) is 55.8 Å². The number of nitrogens with one attached hydrogen (secondary N) is 1. The van der Waals surface area contributed by atoms with E-state index in [4.69, 9.17) is 28.3 Å². The normalized spacial score (nSPS) is 14.4. The molecule has 0 aliphatic carbocycles. The molecule has 0 fully saturated rings. The number of carbonyl (C=O) groups is 2. The van der Waals surface area contributed by atoms with Crippen LogP contribution in [0.5, 0.6) is 0 Å². The summed E-state index contributed by atoms with van der Waals surface area (Å²) in [6.45, 7) is 0.928. The number of rotatable bonds is 10. The molecular formula is C23H24Cl2F3NO4. The van der Waals surface area contributed by atoms with Gasteiger partial charge in [0.1, 0.15) is 0 Å². The molecule has 0 radical (unpaired) electrons. The van der Waals surface area contributed by atoms with Gasteiger partial charge in [0.2, 0.25) is 5.91 Å². The van der Waals surface area contributed by atoms with Crippen molar-refractivity contribution in [1.29, 1.82) is 0 Å². The molecule has 0 aliphatic heterocycles. The highest BCUT2D eigenvalue weighted by atomic mass is 35.5. The lowest BCUT2D eigenvalue weighted by Gasteiger charge is -2.26. The fourth-order valence-corrected chi connectivity index (χ4v) is 3.65. The smallest absolute Gasteiger partial charge is 0.392 e. The van der Waals surface area contributed by atoms with Crippen LogP contribution >= 0.6 is 23.2 Å². The molecule has 2 aromatic carbocycles. The molecule has 0 spiro atoms. The fraction of sp³-hybridized carbons (Fsp3) is 0.391. The van der Waals surface area contributed by atoms with Crippen molar-refractivity contribution >= 4 is 40.8 Å². The molecule has 0 heterocycles. The molecule has 2 aromatic rings. The van der Waals surface area contributed by atoms with Gasteiger partial charge in [-0.05, 0) is 54.7 Å².